The Balaban J connectivity index is 1.38. The van der Waals surface area contributed by atoms with Crippen molar-refractivity contribution in [1.29, 1.82) is 0 Å². The highest BCUT2D eigenvalue weighted by molar-refractivity contribution is 5.91. The largest absolute Gasteiger partial charge is 0.484 e. The first-order valence-electron chi connectivity index (χ1n) is 9.17. The summed E-state index contributed by atoms with van der Waals surface area (Å²) in [5.41, 5.74) is 2.96. The molecule has 1 fully saturated rings. The first kappa shape index (κ1) is 18.9. The van der Waals surface area contributed by atoms with Crippen molar-refractivity contribution < 1.29 is 14.3 Å². The highest BCUT2D eigenvalue weighted by Gasteiger charge is 2.24. The molecule has 1 heterocycles. The summed E-state index contributed by atoms with van der Waals surface area (Å²) in [7, 11) is 0. The van der Waals surface area contributed by atoms with Crippen LogP contribution in [0.5, 0.6) is 5.75 Å². The van der Waals surface area contributed by atoms with E-state index < -0.39 is 0 Å². The van der Waals surface area contributed by atoms with Gasteiger partial charge in [-0.05, 0) is 48.7 Å². The van der Waals surface area contributed by atoms with Crippen molar-refractivity contribution in [1.82, 2.24) is 10.6 Å². The molecule has 2 aromatic carbocycles. The molecule has 2 amide bonds. The van der Waals surface area contributed by atoms with Crippen LogP contribution in [0.4, 0.5) is 5.69 Å². The normalized spacial score (nSPS) is 13.5. The van der Waals surface area contributed by atoms with Gasteiger partial charge < -0.3 is 20.7 Å². The summed E-state index contributed by atoms with van der Waals surface area (Å²) in [6.07, 6.45) is 0.764. The van der Waals surface area contributed by atoms with E-state index in [0.717, 1.165) is 36.3 Å². The highest BCUT2D eigenvalue weighted by Crippen LogP contribution is 2.13. The molecule has 0 spiro atoms. The average Bonchev–Trinajstić information content (AvgIpc) is 2.59. The summed E-state index contributed by atoms with van der Waals surface area (Å²) in [5, 5.41) is 8.85. The number of rotatable bonds is 8. The Labute approximate surface area is 159 Å². The van der Waals surface area contributed by atoms with Crippen LogP contribution in [0.15, 0.2) is 48.5 Å². The van der Waals surface area contributed by atoms with Crippen molar-refractivity contribution in [3.63, 3.8) is 0 Å². The third-order valence-electron chi connectivity index (χ3n) is 4.46. The standard InChI is InChI=1S/C21H25N3O3/c1-15-3-2-4-18(11-15)24-20(25)14-27-19-7-5-16(6-8-19)9-10-23-21(26)17-12-22-13-17/h2-8,11,17,22H,9-10,12-14H2,1H3,(H,23,26)(H,24,25). The van der Waals surface area contributed by atoms with Crippen LogP contribution >= 0.6 is 0 Å². The van der Waals surface area contributed by atoms with Gasteiger partial charge >= 0.3 is 0 Å². The first-order valence-corrected chi connectivity index (χ1v) is 9.17. The van der Waals surface area contributed by atoms with E-state index >= 15 is 0 Å². The van der Waals surface area contributed by atoms with E-state index in [4.69, 9.17) is 4.74 Å². The third-order valence-corrected chi connectivity index (χ3v) is 4.46. The van der Waals surface area contributed by atoms with Crippen LogP contribution in [-0.2, 0) is 16.0 Å². The van der Waals surface area contributed by atoms with Crippen molar-refractivity contribution >= 4 is 17.5 Å². The molecule has 6 heteroatoms. The Morgan fingerprint density at radius 2 is 1.93 bits per heavy atom. The number of nitrogens with one attached hydrogen (secondary N) is 3. The topological polar surface area (TPSA) is 79.5 Å². The molecule has 3 rings (SSSR count). The number of amides is 2. The second-order valence-electron chi connectivity index (χ2n) is 6.75. The molecule has 0 atom stereocenters. The average molecular weight is 367 g/mol. The van der Waals surface area contributed by atoms with Crippen molar-refractivity contribution in [3.05, 3.63) is 59.7 Å². The Hall–Kier alpha value is -2.86. The van der Waals surface area contributed by atoms with Gasteiger partial charge in [0, 0.05) is 25.3 Å². The van der Waals surface area contributed by atoms with Crippen LogP contribution in [0.1, 0.15) is 11.1 Å². The second-order valence-corrected chi connectivity index (χ2v) is 6.75. The third kappa shape index (κ3) is 5.82. The molecule has 2 aromatic rings. The van der Waals surface area contributed by atoms with Gasteiger partial charge in [-0.1, -0.05) is 24.3 Å². The molecule has 3 N–H and O–H groups in total. The summed E-state index contributed by atoms with van der Waals surface area (Å²) in [5.74, 6) is 0.681. The van der Waals surface area contributed by atoms with E-state index in [1.54, 1.807) is 0 Å². The van der Waals surface area contributed by atoms with Gasteiger partial charge in [0.1, 0.15) is 5.75 Å². The molecule has 0 radical (unpaired) electrons. The van der Waals surface area contributed by atoms with Crippen molar-refractivity contribution in [2.24, 2.45) is 5.92 Å². The maximum Gasteiger partial charge on any atom is 0.262 e. The molecule has 0 bridgehead atoms. The lowest BCUT2D eigenvalue weighted by molar-refractivity contribution is -0.126. The molecule has 1 aliphatic rings. The molecule has 0 saturated carbocycles. The lowest BCUT2D eigenvalue weighted by atomic mass is 10.0. The van der Waals surface area contributed by atoms with Gasteiger partial charge in [-0.15, -0.1) is 0 Å². The first-order chi connectivity index (χ1) is 13.1. The number of hydrogen-bond acceptors (Lipinski definition) is 4. The number of ether oxygens (including phenoxy) is 1. The lowest BCUT2D eigenvalue weighted by Crippen LogP contribution is -2.51. The van der Waals surface area contributed by atoms with Crippen LogP contribution in [0, 0.1) is 12.8 Å². The van der Waals surface area contributed by atoms with Gasteiger partial charge in [-0.2, -0.15) is 0 Å². The van der Waals surface area contributed by atoms with Gasteiger partial charge in [0.15, 0.2) is 6.61 Å². The lowest BCUT2D eigenvalue weighted by Gasteiger charge is -2.25. The maximum absolute atomic E-state index is 12.0. The summed E-state index contributed by atoms with van der Waals surface area (Å²) in [4.78, 5) is 23.7. The van der Waals surface area contributed by atoms with Crippen LogP contribution in [-0.4, -0.2) is 38.1 Å². The SMILES string of the molecule is Cc1cccc(NC(=O)COc2ccc(CCNC(=O)C3CNC3)cc2)c1. The smallest absolute Gasteiger partial charge is 0.262 e. The number of benzene rings is 2. The van der Waals surface area contributed by atoms with Gasteiger partial charge in [-0.3, -0.25) is 9.59 Å². The van der Waals surface area contributed by atoms with Gasteiger partial charge in [0.25, 0.3) is 5.91 Å². The molecular weight excluding hydrogens is 342 g/mol. The summed E-state index contributed by atoms with van der Waals surface area (Å²) in [6.45, 7) is 4.10. The minimum absolute atomic E-state index is 0.0429. The zero-order chi connectivity index (χ0) is 19.1. The molecule has 1 aliphatic heterocycles. The Morgan fingerprint density at radius 3 is 2.59 bits per heavy atom. The van der Waals surface area contributed by atoms with Crippen molar-refractivity contribution in [3.8, 4) is 5.75 Å². The monoisotopic (exact) mass is 367 g/mol. The highest BCUT2D eigenvalue weighted by atomic mass is 16.5. The zero-order valence-electron chi connectivity index (χ0n) is 15.5. The van der Waals surface area contributed by atoms with Crippen LogP contribution in [0.3, 0.4) is 0 Å². The minimum atomic E-state index is -0.196. The number of carbonyl (C=O) groups is 2. The molecular formula is C21H25N3O3. The van der Waals surface area contributed by atoms with E-state index in [9.17, 15) is 9.59 Å². The predicted molar refractivity (Wildman–Crippen MR) is 105 cm³/mol. The van der Waals surface area contributed by atoms with E-state index in [0.29, 0.717) is 12.3 Å². The Bertz CT molecular complexity index is 786. The summed E-state index contributed by atoms with van der Waals surface area (Å²) < 4.78 is 5.53. The van der Waals surface area contributed by atoms with Crippen molar-refractivity contribution in [2.75, 3.05) is 31.6 Å². The zero-order valence-corrected chi connectivity index (χ0v) is 15.5. The van der Waals surface area contributed by atoms with Crippen molar-refractivity contribution in [2.45, 2.75) is 13.3 Å². The number of carbonyl (C=O) groups excluding carboxylic acids is 2. The van der Waals surface area contributed by atoms with Gasteiger partial charge in [0.2, 0.25) is 5.91 Å². The molecule has 0 aliphatic carbocycles. The fraction of sp³-hybridized carbons (Fsp3) is 0.333. The van der Waals surface area contributed by atoms with Gasteiger partial charge in [-0.25, -0.2) is 0 Å². The fourth-order valence-electron chi connectivity index (χ4n) is 2.77. The van der Waals surface area contributed by atoms with E-state index in [2.05, 4.69) is 16.0 Å². The molecule has 27 heavy (non-hydrogen) atoms. The molecule has 0 aromatic heterocycles. The number of aryl methyl sites for hydroxylation is 1. The van der Waals surface area contributed by atoms with Crippen LogP contribution in [0.2, 0.25) is 0 Å². The van der Waals surface area contributed by atoms with E-state index in [1.165, 1.54) is 0 Å². The maximum atomic E-state index is 12.0. The molecule has 6 nitrogen and oxygen atoms in total. The quantitative estimate of drug-likeness (QED) is 0.666. The minimum Gasteiger partial charge on any atom is -0.484 e. The predicted octanol–water partition coefficient (Wildman–Crippen LogP) is 1.89. The van der Waals surface area contributed by atoms with E-state index in [-0.39, 0.29) is 24.3 Å². The van der Waals surface area contributed by atoms with Crippen LogP contribution in [0.25, 0.3) is 0 Å². The molecule has 142 valence electrons. The van der Waals surface area contributed by atoms with Gasteiger partial charge in [0.05, 0.1) is 5.92 Å². The summed E-state index contributed by atoms with van der Waals surface area (Å²) >= 11 is 0. The second kappa shape index (κ2) is 9.19. The Kier molecular flexibility index (Phi) is 6.44. The fourth-order valence-corrected chi connectivity index (χ4v) is 2.77. The number of hydrogen-bond donors (Lipinski definition) is 3. The molecule has 1 saturated heterocycles. The van der Waals surface area contributed by atoms with Crippen LogP contribution < -0.4 is 20.7 Å². The molecule has 0 unspecified atom stereocenters. The Morgan fingerprint density at radius 1 is 1.15 bits per heavy atom. The van der Waals surface area contributed by atoms with E-state index in [1.807, 2.05) is 55.5 Å². The number of anilines is 1. The summed E-state index contributed by atoms with van der Waals surface area (Å²) in [6, 6.07) is 15.2.